The van der Waals surface area contributed by atoms with E-state index >= 15 is 0 Å². The van der Waals surface area contributed by atoms with Crippen LogP contribution in [0.5, 0.6) is 0 Å². The summed E-state index contributed by atoms with van der Waals surface area (Å²) >= 11 is 0. The molecule has 1 aliphatic heterocycles. The average Bonchev–Trinajstić information content (AvgIpc) is 2.70. The Balaban J connectivity index is 0.00000264. The van der Waals surface area contributed by atoms with Crippen molar-refractivity contribution in [2.75, 3.05) is 25.4 Å². The van der Waals surface area contributed by atoms with Crippen LogP contribution in [0, 0.1) is 6.92 Å². The molecule has 2 amide bonds. The molecule has 0 radical (unpaired) electrons. The molecule has 128 valence electrons. The third-order valence-electron chi connectivity index (χ3n) is 4.07. The van der Waals surface area contributed by atoms with Crippen LogP contribution in [0.3, 0.4) is 0 Å². The molecule has 23 heavy (non-hydrogen) atoms. The standard InChI is InChI=1S/C17H25N3O2.ClH/c1-13-7-8-14(18)12-15(13)17(22)19-9-5-11-20-10-4-2-3-6-16(20)21;/h7-8,12H,2-6,9-11,18H2,1H3,(H,19,22);1H. The van der Waals surface area contributed by atoms with E-state index in [2.05, 4.69) is 5.32 Å². The molecule has 0 saturated carbocycles. The summed E-state index contributed by atoms with van der Waals surface area (Å²) in [6, 6.07) is 5.33. The van der Waals surface area contributed by atoms with E-state index < -0.39 is 0 Å². The van der Waals surface area contributed by atoms with Gasteiger partial charge in [0.15, 0.2) is 0 Å². The van der Waals surface area contributed by atoms with Gasteiger partial charge in [-0.1, -0.05) is 12.5 Å². The van der Waals surface area contributed by atoms with Gasteiger partial charge < -0.3 is 16.0 Å². The first kappa shape index (κ1) is 19.3. The molecule has 1 heterocycles. The van der Waals surface area contributed by atoms with Gasteiger partial charge in [-0.25, -0.2) is 0 Å². The van der Waals surface area contributed by atoms with Gasteiger partial charge >= 0.3 is 0 Å². The number of amides is 2. The number of rotatable bonds is 5. The first-order valence-electron chi connectivity index (χ1n) is 8.00. The summed E-state index contributed by atoms with van der Waals surface area (Å²) in [4.78, 5) is 25.9. The molecular weight excluding hydrogens is 314 g/mol. The van der Waals surface area contributed by atoms with Crippen LogP contribution in [-0.4, -0.2) is 36.3 Å². The number of nitrogens with zero attached hydrogens (tertiary/aromatic N) is 1. The summed E-state index contributed by atoms with van der Waals surface area (Å²) in [5.41, 5.74) is 7.84. The highest BCUT2D eigenvalue weighted by atomic mass is 35.5. The third kappa shape index (κ3) is 5.75. The number of anilines is 1. The van der Waals surface area contributed by atoms with Gasteiger partial charge in [-0.15, -0.1) is 12.4 Å². The SMILES string of the molecule is Cc1ccc(N)cc1C(=O)NCCCN1CCCCCC1=O.Cl. The molecule has 5 nitrogen and oxygen atoms in total. The summed E-state index contributed by atoms with van der Waals surface area (Å²) < 4.78 is 0. The smallest absolute Gasteiger partial charge is 0.251 e. The van der Waals surface area contributed by atoms with Crippen molar-refractivity contribution in [1.82, 2.24) is 10.2 Å². The summed E-state index contributed by atoms with van der Waals surface area (Å²) in [7, 11) is 0. The third-order valence-corrected chi connectivity index (χ3v) is 4.07. The van der Waals surface area contributed by atoms with Crippen LogP contribution in [0.15, 0.2) is 18.2 Å². The molecule has 3 N–H and O–H groups in total. The van der Waals surface area contributed by atoms with E-state index in [1.165, 1.54) is 0 Å². The van der Waals surface area contributed by atoms with Gasteiger partial charge in [-0.3, -0.25) is 9.59 Å². The normalized spacial score (nSPS) is 14.8. The summed E-state index contributed by atoms with van der Waals surface area (Å²) in [6.45, 7) is 4.03. The van der Waals surface area contributed by atoms with E-state index in [0.717, 1.165) is 44.3 Å². The first-order chi connectivity index (χ1) is 10.6. The quantitative estimate of drug-likeness (QED) is 0.639. The molecule has 0 unspecified atom stereocenters. The molecule has 2 rings (SSSR count). The van der Waals surface area contributed by atoms with Crippen LogP contribution in [0.4, 0.5) is 5.69 Å². The maximum atomic E-state index is 12.1. The molecule has 1 fully saturated rings. The number of aryl methyl sites for hydroxylation is 1. The van der Waals surface area contributed by atoms with E-state index in [-0.39, 0.29) is 24.2 Å². The molecule has 0 atom stereocenters. The predicted octanol–water partition coefficient (Wildman–Crippen LogP) is 2.52. The number of nitrogens with one attached hydrogen (secondary N) is 1. The molecule has 0 aromatic heterocycles. The van der Waals surface area contributed by atoms with E-state index in [1.54, 1.807) is 12.1 Å². The fourth-order valence-electron chi connectivity index (χ4n) is 2.73. The lowest BCUT2D eigenvalue weighted by Crippen LogP contribution is -2.34. The van der Waals surface area contributed by atoms with Crippen molar-refractivity contribution >= 4 is 29.9 Å². The maximum absolute atomic E-state index is 12.1. The number of nitrogens with two attached hydrogens (primary N) is 1. The zero-order chi connectivity index (χ0) is 15.9. The molecule has 1 aromatic carbocycles. The van der Waals surface area contributed by atoms with Gasteiger partial charge in [0, 0.05) is 37.3 Å². The van der Waals surface area contributed by atoms with Crippen molar-refractivity contribution in [2.45, 2.75) is 39.0 Å². The molecule has 0 aliphatic carbocycles. The molecule has 1 saturated heterocycles. The van der Waals surface area contributed by atoms with Crippen LogP contribution in [-0.2, 0) is 4.79 Å². The fraction of sp³-hybridized carbons (Fsp3) is 0.529. The number of carbonyl (C=O) groups is 2. The number of carbonyl (C=O) groups excluding carboxylic acids is 2. The van der Waals surface area contributed by atoms with Gasteiger partial charge in [-0.05, 0) is 43.9 Å². The Morgan fingerprint density at radius 1 is 1.30 bits per heavy atom. The van der Waals surface area contributed by atoms with Crippen LogP contribution in [0.1, 0.15) is 48.0 Å². The van der Waals surface area contributed by atoms with Crippen LogP contribution < -0.4 is 11.1 Å². The number of benzene rings is 1. The first-order valence-corrected chi connectivity index (χ1v) is 8.00. The largest absolute Gasteiger partial charge is 0.399 e. The second-order valence-electron chi connectivity index (χ2n) is 5.88. The minimum Gasteiger partial charge on any atom is -0.399 e. The molecule has 1 aliphatic rings. The second-order valence-corrected chi connectivity index (χ2v) is 5.88. The number of halogens is 1. The zero-order valence-electron chi connectivity index (χ0n) is 13.6. The fourth-order valence-corrected chi connectivity index (χ4v) is 2.73. The molecular formula is C17H26ClN3O2. The van der Waals surface area contributed by atoms with E-state index in [9.17, 15) is 9.59 Å². The van der Waals surface area contributed by atoms with E-state index in [0.29, 0.717) is 24.2 Å². The van der Waals surface area contributed by atoms with Gasteiger partial charge in [0.2, 0.25) is 5.91 Å². The van der Waals surface area contributed by atoms with Crippen LogP contribution >= 0.6 is 12.4 Å². The van der Waals surface area contributed by atoms with Gasteiger partial charge in [0.1, 0.15) is 0 Å². The number of hydrogen-bond donors (Lipinski definition) is 2. The lowest BCUT2D eigenvalue weighted by atomic mass is 10.1. The minimum atomic E-state index is -0.105. The number of likely N-dealkylation sites (tertiary alicyclic amines) is 1. The lowest BCUT2D eigenvalue weighted by molar-refractivity contribution is -0.130. The van der Waals surface area contributed by atoms with E-state index in [1.807, 2.05) is 17.9 Å². The highest BCUT2D eigenvalue weighted by Crippen LogP contribution is 2.13. The Kier molecular flexibility index (Phi) is 7.89. The molecule has 0 bridgehead atoms. The van der Waals surface area contributed by atoms with Gasteiger partial charge in [-0.2, -0.15) is 0 Å². The minimum absolute atomic E-state index is 0. The van der Waals surface area contributed by atoms with E-state index in [4.69, 9.17) is 5.73 Å². The summed E-state index contributed by atoms with van der Waals surface area (Å²) in [5, 5.41) is 2.90. The summed E-state index contributed by atoms with van der Waals surface area (Å²) in [6.07, 6.45) is 4.66. The van der Waals surface area contributed by atoms with Crippen molar-refractivity contribution in [3.63, 3.8) is 0 Å². The van der Waals surface area contributed by atoms with Crippen LogP contribution in [0.25, 0.3) is 0 Å². The average molecular weight is 340 g/mol. The molecule has 0 spiro atoms. The number of nitrogen functional groups attached to an aromatic ring is 1. The Labute approximate surface area is 144 Å². The van der Waals surface area contributed by atoms with Crippen molar-refractivity contribution in [1.29, 1.82) is 0 Å². The van der Waals surface area contributed by atoms with Gasteiger partial charge in [0.25, 0.3) is 5.91 Å². The van der Waals surface area contributed by atoms with Gasteiger partial charge in [0.05, 0.1) is 0 Å². The Hall–Kier alpha value is -1.75. The molecule has 6 heteroatoms. The van der Waals surface area contributed by atoms with Crippen LogP contribution in [0.2, 0.25) is 0 Å². The summed E-state index contributed by atoms with van der Waals surface area (Å²) in [5.74, 6) is 0.141. The second kappa shape index (κ2) is 9.40. The highest BCUT2D eigenvalue weighted by Gasteiger charge is 2.16. The highest BCUT2D eigenvalue weighted by molar-refractivity contribution is 5.96. The van der Waals surface area contributed by atoms with Crippen molar-refractivity contribution in [3.8, 4) is 0 Å². The molecule has 1 aromatic rings. The Bertz CT molecular complexity index is 549. The monoisotopic (exact) mass is 339 g/mol. The van der Waals surface area contributed by atoms with Crippen molar-refractivity contribution < 1.29 is 9.59 Å². The van der Waals surface area contributed by atoms with Crippen molar-refractivity contribution in [3.05, 3.63) is 29.3 Å². The maximum Gasteiger partial charge on any atom is 0.251 e. The predicted molar refractivity (Wildman–Crippen MR) is 94.8 cm³/mol. The zero-order valence-corrected chi connectivity index (χ0v) is 14.5. The van der Waals surface area contributed by atoms with Crippen molar-refractivity contribution in [2.24, 2.45) is 0 Å². The number of hydrogen-bond acceptors (Lipinski definition) is 3. The Morgan fingerprint density at radius 3 is 2.87 bits per heavy atom. The Morgan fingerprint density at radius 2 is 2.09 bits per heavy atom. The lowest BCUT2D eigenvalue weighted by Gasteiger charge is -2.20. The topological polar surface area (TPSA) is 75.4 Å².